The first-order valence-electron chi connectivity index (χ1n) is 8.60. The number of carbonyl (C=O) groups is 1. The molecule has 1 amide bonds. The van der Waals surface area contributed by atoms with Gasteiger partial charge in [-0.15, -0.1) is 0 Å². The highest BCUT2D eigenvalue weighted by atomic mass is 16.5. The third-order valence-corrected chi connectivity index (χ3v) is 4.92. The lowest BCUT2D eigenvalue weighted by Crippen LogP contribution is -2.42. The minimum atomic E-state index is 0.231. The maximum atomic E-state index is 12.2. The predicted octanol–water partition coefficient (Wildman–Crippen LogP) is 3.39. The Balaban J connectivity index is 1.42. The molecule has 2 saturated carbocycles. The molecule has 1 aromatic rings. The van der Waals surface area contributed by atoms with Crippen molar-refractivity contribution in [2.24, 2.45) is 5.92 Å². The molecule has 1 aromatic heterocycles. The quantitative estimate of drug-likeness (QED) is 0.927. The Kier molecular flexibility index (Phi) is 4.96. The highest BCUT2D eigenvalue weighted by Gasteiger charge is 2.28. The van der Waals surface area contributed by atoms with Gasteiger partial charge in [0, 0.05) is 24.2 Å². The summed E-state index contributed by atoms with van der Waals surface area (Å²) in [5.41, 5.74) is 1.14. The SMILES string of the molecule is Cc1ccc(OC2CCC(NC(=O)C3CCCC3)CC2)nc1. The van der Waals surface area contributed by atoms with Crippen molar-refractivity contribution in [3.05, 3.63) is 23.9 Å². The third kappa shape index (κ3) is 3.99. The lowest BCUT2D eigenvalue weighted by Gasteiger charge is -2.29. The lowest BCUT2D eigenvalue weighted by atomic mass is 9.92. The number of nitrogens with one attached hydrogen (secondary N) is 1. The Bertz CT molecular complexity index is 486. The molecule has 0 atom stereocenters. The molecule has 2 fully saturated rings. The molecule has 0 unspecified atom stereocenters. The van der Waals surface area contributed by atoms with Crippen LogP contribution >= 0.6 is 0 Å². The number of aromatic nitrogens is 1. The van der Waals surface area contributed by atoms with E-state index in [1.54, 1.807) is 0 Å². The van der Waals surface area contributed by atoms with Crippen molar-refractivity contribution < 1.29 is 9.53 Å². The maximum absolute atomic E-state index is 12.2. The first-order chi connectivity index (χ1) is 10.7. The van der Waals surface area contributed by atoms with Crippen LogP contribution in [0.25, 0.3) is 0 Å². The van der Waals surface area contributed by atoms with Gasteiger partial charge in [0.25, 0.3) is 0 Å². The van der Waals surface area contributed by atoms with Gasteiger partial charge >= 0.3 is 0 Å². The molecule has 0 aliphatic heterocycles. The summed E-state index contributed by atoms with van der Waals surface area (Å²) in [7, 11) is 0. The number of nitrogens with zero attached hydrogens (tertiary/aromatic N) is 1. The molecule has 22 heavy (non-hydrogen) atoms. The van der Waals surface area contributed by atoms with E-state index in [9.17, 15) is 4.79 Å². The van der Waals surface area contributed by atoms with Gasteiger partial charge in [-0.25, -0.2) is 4.98 Å². The zero-order valence-corrected chi connectivity index (χ0v) is 13.4. The smallest absolute Gasteiger partial charge is 0.223 e. The minimum absolute atomic E-state index is 0.231. The fourth-order valence-corrected chi connectivity index (χ4v) is 3.53. The number of aryl methyl sites for hydroxylation is 1. The van der Waals surface area contributed by atoms with Gasteiger partial charge in [-0.2, -0.15) is 0 Å². The molecule has 3 rings (SSSR count). The lowest BCUT2D eigenvalue weighted by molar-refractivity contribution is -0.125. The molecule has 4 nitrogen and oxygen atoms in total. The highest BCUT2D eigenvalue weighted by Crippen LogP contribution is 2.27. The van der Waals surface area contributed by atoms with Crippen LogP contribution in [0.5, 0.6) is 5.88 Å². The second-order valence-corrected chi connectivity index (χ2v) is 6.76. The number of ether oxygens (including phenoxy) is 1. The van der Waals surface area contributed by atoms with E-state index in [4.69, 9.17) is 4.74 Å². The number of rotatable bonds is 4. The maximum Gasteiger partial charge on any atom is 0.223 e. The molecule has 0 bridgehead atoms. The zero-order valence-electron chi connectivity index (χ0n) is 13.4. The number of hydrogen-bond acceptors (Lipinski definition) is 3. The van der Waals surface area contributed by atoms with E-state index in [0.29, 0.717) is 11.9 Å². The third-order valence-electron chi connectivity index (χ3n) is 4.92. The van der Waals surface area contributed by atoms with E-state index < -0.39 is 0 Å². The Labute approximate surface area is 132 Å². The summed E-state index contributed by atoms with van der Waals surface area (Å²) in [6.45, 7) is 2.02. The first-order valence-corrected chi connectivity index (χ1v) is 8.60. The van der Waals surface area contributed by atoms with Gasteiger partial charge in [-0.05, 0) is 51.0 Å². The average molecular weight is 302 g/mol. The topological polar surface area (TPSA) is 51.2 Å². The van der Waals surface area contributed by atoms with Crippen molar-refractivity contribution >= 4 is 5.91 Å². The van der Waals surface area contributed by atoms with Crippen molar-refractivity contribution in [1.29, 1.82) is 0 Å². The predicted molar refractivity (Wildman–Crippen MR) is 85.7 cm³/mol. The highest BCUT2D eigenvalue weighted by molar-refractivity contribution is 5.79. The van der Waals surface area contributed by atoms with Gasteiger partial charge < -0.3 is 10.1 Å². The number of carbonyl (C=O) groups excluding carboxylic acids is 1. The second kappa shape index (κ2) is 7.12. The summed E-state index contributed by atoms with van der Waals surface area (Å²) in [6, 6.07) is 4.29. The Morgan fingerprint density at radius 2 is 1.86 bits per heavy atom. The molecule has 1 N–H and O–H groups in total. The average Bonchev–Trinajstić information content (AvgIpc) is 3.06. The van der Waals surface area contributed by atoms with E-state index >= 15 is 0 Å². The van der Waals surface area contributed by atoms with E-state index in [0.717, 1.165) is 44.1 Å². The van der Waals surface area contributed by atoms with E-state index in [-0.39, 0.29) is 17.9 Å². The summed E-state index contributed by atoms with van der Waals surface area (Å²) in [4.78, 5) is 16.5. The zero-order chi connectivity index (χ0) is 15.4. The normalized spacial score (nSPS) is 25.9. The van der Waals surface area contributed by atoms with Gasteiger partial charge in [-0.1, -0.05) is 18.9 Å². The number of amides is 1. The van der Waals surface area contributed by atoms with Crippen molar-refractivity contribution in [2.75, 3.05) is 0 Å². The van der Waals surface area contributed by atoms with Crippen LogP contribution in [0.1, 0.15) is 56.9 Å². The Morgan fingerprint density at radius 1 is 1.14 bits per heavy atom. The first kappa shape index (κ1) is 15.3. The molecule has 2 aliphatic carbocycles. The standard InChI is InChI=1S/C18H26N2O2/c1-13-6-11-17(19-12-13)22-16-9-7-15(8-10-16)20-18(21)14-4-2-3-5-14/h6,11-12,14-16H,2-5,7-10H2,1H3,(H,20,21). The Morgan fingerprint density at radius 3 is 2.50 bits per heavy atom. The molecule has 0 aromatic carbocycles. The van der Waals surface area contributed by atoms with Gasteiger partial charge in [0.1, 0.15) is 6.10 Å². The molecule has 0 saturated heterocycles. The van der Waals surface area contributed by atoms with Crippen LogP contribution in [0.3, 0.4) is 0 Å². The Hall–Kier alpha value is -1.58. The number of pyridine rings is 1. The van der Waals surface area contributed by atoms with Crippen molar-refractivity contribution in [3.63, 3.8) is 0 Å². The summed E-state index contributed by atoms with van der Waals surface area (Å²) in [6.07, 6.45) is 10.6. The summed E-state index contributed by atoms with van der Waals surface area (Å²) >= 11 is 0. The van der Waals surface area contributed by atoms with E-state index in [1.807, 2.05) is 25.3 Å². The second-order valence-electron chi connectivity index (χ2n) is 6.76. The van der Waals surface area contributed by atoms with Gasteiger partial charge in [0.15, 0.2) is 0 Å². The monoisotopic (exact) mass is 302 g/mol. The van der Waals surface area contributed by atoms with E-state index in [1.165, 1.54) is 12.8 Å². The fourth-order valence-electron chi connectivity index (χ4n) is 3.53. The minimum Gasteiger partial charge on any atom is -0.474 e. The summed E-state index contributed by atoms with van der Waals surface area (Å²) in [5, 5.41) is 3.24. The van der Waals surface area contributed by atoms with Crippen molar-refractivity contribution in [2.45, 2.75) is 70.4 Å². The van der Waals surface area contributed by atoms with Crippen LogP contribution in [0.2, 0.25) is 0 Å². The van der Waals surface area contributed by atoms with Crippen LogP contribution in [0, 0.1) is 12.8 Å². The van der Waals surface area contributed by atoms with Crippen molar-refractivity contribution in [1.82, 2.24) is 10.3 Å². The van der Waals surface area contributed by atoms with Gasteiger partial charge in [-0.3, -0.25) is 4.79 Å². The van der Waals surface area contributed by atoms with Crippen LogP contribution in [0.15, 0.2) is 18.3 Å². The van der Waals surface area contributed by atoms with Crippen LogP contribution < -0.4 is 10.1 Å². The largest absolute Gasteiger partial charge is 0.474 e. The molecule has 2 aliphatic rings. The molecular formula is C18H26N2O2. The van der Waals surface area contributed by atoms with Crippen LogP contribution in [-0.4, -0.2) is 23.0 Å². The summed E-state index contributed by atoms with van der Waals surface area (Å²) in [5.74, 6) is 1.26. The molecule has 0 spiro atoms. The summed E-state index contributed by atoms with van der Waals surface area (Å²) < 4.78 is 5.94. The molecule has 1 heterocycles. The van der Waals surface area contributed by atoms with Crippen LogP contribution in [-0.2, 0) is 4.79 Å². The molecule has 0 radical (unpaired) electrons. The molecular weight excluding hydrogens is 276 g/mol. The molecule has 120 valence electrons. The van der Waals surface area contributed by atoms with E-state index in [2.05, 4.69) is 10.3 Å². The fraction of sp³-hybridized carbons (Fsp3) is 0.667. The molecule has 4 heteroatoms. The van der Waals surface area contributed by atoms with Crippen molar-refractivity contribution in [3.8, 4) is 5.88 Å². The van der Waals surface area contributed by atoms with Crippen LogP contribution in [0.4, 0.5) is 0 Å². The van der Waals surface area contributed by atoms with Gasteiger partial charge in [0.05, 0.1) is 0 Å². The van der Waals surface area contributed by atoms with Gasteiger partial charge in [0.2, 0.25) is 11.8 Å². The number of hydrogen-bond donors (Lipinski definition) is 1.